The number of nitrogens with zero attached hydrogens (tertiary/aromatic N) is 1. The van der Waals surface area contributed by atoms with E-state index >= 15 is 0 Å². The molecule has 1 aliphatic rings. The van der Waals surface area contributed by atoms with Crippen LogP contribution in [0.25, 0.3) is 0 Å². The number of hydrogen-bond acceptors (Lipinski definition) is 4. The van der Waals surface area contributed by atoms with Crippen molar-refractivity contribution >= 4 is 0 Å². The van der Waals surface area contributed by atoms with Gasteiger partial charge in [-0.05, 0) is 42.2 Å². The van der Waals surface area contributed by atoms with Gasteiger partial charge in [-0.25, -0.2) is 0 Å². The Kier molecular flexibility index (Phi) is 6.30. The summed E-state index contributed by atoms with van der Waals surface area (Å²) in [5, 5.41) is 12.1. The quantitative estimate of drug-likeness (QED) is 0.740. The van der Waals surface area contributed by atoms with Crippen LogP contribution in [0.2, 0.25) is 0 Å². The molecule has 0 spiro atoms. The van der Waals surface area contributed by atoms with E-state index in [4.69, 9.17) is 14.7 Å². The molecule has 0 saturated heterocycles. The zero-order valence-corrected chi connectivity index (χ0v) is 14.4. The van der Waals surface area contributed by atoms with Crippen molar-refractivity contribution in [3.8, 4) is 17.6 Å². The minimum atomic E-state index is 0.496. The number of fused-ring (bicyclic) bond motifs is 1. The van der Waals surface area contributed by atoms with Crippen molar-refractivity contribution in [2.75, 3.05) is 19.8 Å². The highest BCUT2D eigenvalue weighted by Gasteiger charge is 2.20. The predicted octanol–water partition coefficient (Wildman–Crippen LogP) is 4.03. The molecule has 0 saturated carbocycles. The first-order chi connectivity index (χ1) is 12.4. The summed E-state index contributed by atoms with van der Waals surface area (Å²) in [4.78, 5) is 0. The van der Waals surface area contributed by atoms with Gasteiger partial charge in [0.25, 0.3) is 0 Å². The second kappa shape index (κ2) is 9.10. The van der Waals surface area contributed by atoms with Crippen LogP contribution in [0, 0.1) is 11.3 Å². The van der Waals surface area contributed by atoms with E-state index in [1.54, 1.807) is 0 Å². The monoisotopic (exact) mass is 336 g/mol. The van der Waals surface area contributed by atoms with E-state index in [1.807, 2.05) is 18.2 Å². The van der Waals surface area contributed by atoms with E-state index < -0.39 is 0 Å². The Hall–Kier alpha value is -2.51. The number of nitrogens with one attached hydrogen (secondary N) is 1. The predicted molar refractivity (Wildman–Crippen MR) is 97.8 cm³/mol. The SMILES string of the molecule is N#CCCCOc1cccc(CNCC2CCOc3ccccc32)c1. The summed E-state index contributed by atoms with van der Waals surface area (Å²) < 4.78 is 11.4. The van der Waals surface area contributed by atoms with Crippen LogP contribution >= 0.6 is 0 Å². The van der Waals surface area contributed by atoms with E-state index in [0.717, 1.165) is 44.0 Å². The summed E-state index contributed by atoms with van der Waals surface area (Å²) in [6.45, 7) is 3.13. The smallest absolute Gasteiger partial charge is 0.122 e. The second-order valence-corrected chi connectivity index (χ2v) is 6.26. The van der Waals surface area contributed by atoms with Crippen LogP contribution in [0.15, 0.2) is 48.5 Å². The maximum atomic E-state index is 8.55. The lowest BCUT2D eigenvalue weighted by Gasteiger charge is -2.26. The van der Waals surface area contributed by atoms with Gasteiger partial charge in [-0.15, -0.1) is 0 Å². The zero-order chi connectivity index (χ0) is 17.3. The fourth-order valence-electron chi connectivity index (χ4n) is 3.11. The van der Waals surface area contributed by atoms with Crippen LogP contribution in [0.3, 0.4) is 0 Å². The van der Waals surface area contributed by atoms with Gasteiger partial charge in [0.15, 0.2) is 0 Å². The van der Waals surface area contributed by atoms with Gasteiger partial charge in [0.2, 0.25) is 0 Å². The van der Waals surface area contributed by atoms with Crippen molar-refractivity contribution in [1.82, 2.24) is 5.32 Å². The molecule has 25 heavy (non-hydrogen) atoms. The summed E-state index contributed by atoms with van der Waals surface area (Å²) in [5.74, 6) is 2.39. The van der Waals surface area contributed by atoms with Gasteiger partial charge in [-0.2, -0.15) is 5.26 Å². The van der Waals surface area contributed by atoms with Gasteiger partial charge in [0.05, 0.1) is 19.3 Å². The molecule has 0 fully saturated rings. The molecule has 1 heterocycles. The molecule has 0 aromatic heterocycles. The topological polar surface area (TPSA) is 54.3 Å². The molecule has 0 radical (unpaired) electrons. The van der Waals surface area contributed by atoms with Crippen molar-refractivity contribution < 1.29 is 9.47 Å². The lowest BCUT2D eigenvalue weighted by Crippen LogP contribution is -2.25. The average molecular weight is 336 g/mol. The fraction of sp³-hybridized carbons (Fsp3) is 0.381. The molecule has 1 unspecified atom stereocenters. The molecule has 4 nitrogen and oxygen atoms in total. The summed E-state index contributed by atoms with van der Waals surface area (Å²) in [6.07, 6.45) is 2.35. The number of hydrogen-bond donors (Lipinski definition) is 1. The maximum Gasteiger partial charge on any atom is 0.122 e. The molecule has 0 amide bonds. The molecule has 3 rings (SSSR count). The lowest BCUT2D eigenvalue weighted by atomic mass is 9.93. The summed E-state index contributed by atoms with van der Waals surface area (Å²) in [7, 11) is 0. The van der Waals surface area contributed by atoms with E-state index in [9.17, 15) is 0 Å². The van der Waals surface area contributed by atoms with Crippen LogP contribution in [0.5, 0.6) is 11.5 Å². The van der Waals surface area contributed by atoms with Crippen molar-refractivity contribution in [2.24, 2.45) is 0 Å². The minimum Gasteiger partial charge on any atom is -0.494 e. The summed E-state index contributed by atoms with van der Waals surface area (Å²) >= 11 is 0. The number of rotatable bonds is 8. The van der Waals surface area contributed by atoms with E-state index in [1.165, 1.54) is 11.1 Å². The molecule has 130 valence electrons. The molecule has 1 atom stereocenters. The van der Waals surface area contributed by atoms with Crippen molar-refractivity contribution in [3.63, 3.8) is 0 Å². The van der Waals surface area contributed by atoms with E-state index in [0.29, 0.717) is 18.9 Å². The Morgan fingerprint density at radius 3 is 3.04 bits per heavy atom. The summed E-state index contributed by atoms with van der Waals surface area (Å²) in [6, 6.07) is 18.6. The van der Waals surface area contributed by atoms with Gasteiger partial charge in [0.1, 0.15) is 11.5 Å². The normalized spacial score (nSPS) is 15.7. The van der Waals surface area contributed by atoms with Crippen LogP contribution in [-0.2, 0) is 6.54 Å². The van der Waals surface area contributed by atoms with Gasteiger partial charge < -0.3 is 14.8 Å². The Morgan fingerprint density at radius 2 is 2.12 bits per heavy atom. The highest BCUT2D eigenvalue weighted by atomic mass is 16.5. The molecular formula is C21H24N2O2. The number of benzene rings is 2. The Morgan fingerprint density at radius 1 is 1.20 bits per heavy atom. The van der Waals surface area contributed by atoms with Gasteiger partial charge >= 0.3 is 0 Å². The van der Waals surface area contributed by atoms with Gasteiger partial charge in [-0.3, -0.25) is 0 Å². The van der Waals surface area contributed by atoms with Crippen LogP contribution in [0.4, 0.5) is 0 Å². The Bertz CT molecular complexity index is 724. The third kappa shape index (κ3) is 4.98. The lowest BCUT2D eigenvalue weighted by molar-refractivity contribution is 0.264. The van der Waals surface area contributed by atoms with Crippen LogP contribution < -0.4 is 14.8 Å². The minimum absolute atomic E-state index is 0.496. The molecule has 1 N–H and O–H groups in total. The van der Waals surface area contributed by atoms with Crippen LogP contribution in [0.1, 0.15) is 36.3 Å². The first-order valence-corrected chi connectivity index (χ1v) is 8.88. The van der Waals surface area contributed by atoms with Gasteiger partial charge in [-0.1, -0.05) is 30.3 Å². The average Bonchev–Trinajstić information content (AvgIpc) is 2.66. The third-order valence-electron chi connectivity index (χ3n) is 4.40. The Labute approximate surface area is 149 Å². The molecule has 1 aliphatic heterocycles. The molecule has 0 bridgehead atoms. The molecule has 4 heteroatoms. The molecule has 2 aromatic carbocycles. The van der Waals surface area contributed by atoms with E-state index in [2.05, 4.69) is 41.7 Å². The first kappa shape index (κ1) is 17.3. The first-order valence-electron chi connectivity index (χ1n) is 8.88. The third-order valence-corrected chi connectivity index (χ3v) is 4.40. The molecule has 2 aromatic rings. The number of para-hydroxylation sites is 1. The van der Waals surface area contributed by atoms with E-state index in [-0.39, 0.29) is 0 Å². The highest BCUT2D eigenvalue weighted by molar-refractivity contribution is 5.38. The van der Waals surface area contributed by atoms with Crippen LogP contribution in [-0.4, -0.2) is 19.8 Å². The van der Waals surface area contributed by atoms with Gasteiger partial charge in [0, 0.05) is 25.4 Å². The van der Waals surface area contributed by atoms with Crippen molar-refractivity contribution in [1.29, 1.82) is 5.26 Å². The maximum absolute atomic E-state index is 8.55. The zero-order valence-electron chi connectivity index (χ0n) is 14.4. The molecular weight excluding hydrogens is 312 g/mol. The largest absolute Gasteiger partial charge is 0.494 e. The standard InChI is InChI=1S/C21H24N2O2/c22-11-3-4-12-24-19-7-5-6-17(14-19)15-23-16-18-10-13-25-21-9-2-1-8-20(18)21/h1-2,5-9,14,18,23H,3-4,10,12-13,15-16H2. The second-order valence-electron chi connectivity index (χ2n) is 6.26. The number of ether oxygens (including phenoxy) is 2. The highest BCUT2D eigenvalue weighted by Crippen LogP contribution is 2.32. The Balaban J connectivity index is 1.49. The number of nitriles is 1. The fourth-order valence-corrected chi connectivity index (χ4v) is 3.11. The molecule has 0 aliphatic carbocycles. The van der Waals surface area contributed by atoms with Crippen molar-refractivity contribution in [2.45, 2.75) is 31.7 Å². The van der Waals surface area contributed by atoms with Crippen molar-refractivity contribution in [3.05, 3.63) is 59.7 Å². The summed E-state index contributed by atoms with van der Waals surface area (Å²) in [5.41, 5.74) is 2.51. The number of unbranched alkanes of at least 4 members (excludes halogenated alkanes) is 1.